The fraction of sp³-hybridized carbons (Fsp3) is 0.222. The van der Waals surface area contributed by atoms with E-state index in [2.05, 4.69) is 5.32 Å². The number of methoxy groups -OCH3 is 3. The first-order valence-corrected chi connectivity index (χ1v) is 7.65. The summed E-state index contributed by atoms with van der Waals surface area (Å²) in [4.78, 5) is 11.8. The summed E-state index contributed by atoms with van der Waals surface area (Å²) >= 11 is 0. The molecule has 0 amide bonds. The van der Waals surface area contributed by atoms with Crippen LogP contribution in [0, 0.1) is 5.41 Å². The molecule has 2 aromatic carbocycles. The van der Waals surface area contributed by atoms with Gasteiger partial charge in [-0.1, -0.05) is 0 Å². The first-order chi connectivity index (χ1) is 12.4. The second-order valence-electron chi connectivity index (χ2n) is 5.37. The number of carboxylic acids is 1. The Kier molecular flexibility index (Phi) is 5.90. The van der Waals surface area contributed by atoms with Crippen molar-refractivity contribution in [3.63, 3.8) is 0 Å². The monoisotopic (exact) mass is 359 g/mol. The largest absolute Gasteiger partial charge is 0.493 e. The number of hydrogen-bond donors (Lipinski definition) is 4. The quantitative estimate of drug-likeness (QED) is 0.420. The van der Waals surface area contributed by atoms with Gasteiger partial charge >= 0.3 is 5.97 Å². The highest BCUT2D eigenvalue weighted by molar-refractivity contribution is 5.95. The van der Waals surface area contributed by atoms with Crippen molar-refractivity contribution in [1.29, 1.82) is 5.41 Å². The Morgan fingerprint density at radius 2 is 1.62 bits per heavy atom. The molecule has 5 N–H and O–H groups in total. The van der Waals surface area contributed by atoms with Crippen molar-refractivity contribution in [2.24, 2.45) is 5.73 Å². The molecule has 0 spiro atoms. The van der Waals surface area contributed by atoms with Crippen LogP contribution in [0.2, 0.25) is 0 Å². The Labute approximate surface area is 151 Å². The lowest BCUT2D eigenvalue weighted by Gasteiger charge is -2.20. The van der Waals surface area contributed by atoms with Gasteiger partial charge in [-0.15, -0.1) is 0 Å². The number of rotatable bonds is 8. The van der Waals surface area contributed by atoms with Gasteiger partial charge in [-0.2, -0.15) is 0 Å². The van der Waals surface area contributed by atoms with Gasteiger partial charge in [0, 0.05) is 11.3 Å². The van der Waals surface area contributed by atoms with E-state index in [0.717, 1.165) is 0 Å². The number of carbonyl (C=O) groups is 1. The van der Waals surface area contributed by atoms with Crippen molar-refractivity contribution in [1.82, 2.24) is 0 Å². The first kappa shape index (κ1) is 18.9. The molecule has 0 aliphatic heterocycles. The zero-order chi connectivity index (χ0) is 19.3. The van der Waals surface area contributed by atoms with Crippen molar-refractivity contribution in [3.05, 3.63) is 47.5 Å². The Bertz CT molecular complexity index is 780. The van der Waals surface area contributed by atoms with Crippen LogP contribution in [0.3, 0.4) is 0 Å². The van der Waals surface area contributed by atoms with Crippen LogP contribution < -0.4 is 25.3 Å². The third-order valence-electron chi connectivity index (χ3n) is 3.77. The normalized spacial score (nSPS) is 11.3. The van der Waals surface area contributed by atoms with E-state index in [1.807, 2.05) is 0 Å². The molecule has 0 aliphatic rings. The number of ether oxygens (including phenoxy) is 3. The summed E-state index contributed by atoms with van der Waals surface area (Å²) in [5.74, 6) is -0.0248. The minimum absolute atomic E-state index is 0.0593. The van der Waals surface area contributed by atoms with Gasteiger partial charge in [0.05, 0.1) is 21.3 Å². The molecule has 2 rings (SSSR count). The van der Waals surface area contributed by atoms with Crippen LogP contribution in [0.1, 0.15) is 17.2 Å². The molecule has 0 bridgehead atoms. The lowest BCUT2D eigenvalue weighted by molar-refractivity contribution is -0.138. The second kappa shape index (κ2) is 8.11. The van der Waals surface area contributed by atoms with Gasteiger partial charge in [0.15, 0.2) is 17.5 Å². The number of benzene rings is 2. The summed E-state index contributed by atoms with van der Waals surface area (Å²) in [7, 11) is 4.40. The molecule has 0 heterocycles. The Balaban J connectivity index is 2.40. The average molecular weight is 359 g/mol. The maximum absolute atomic E-state index is 11.8. The van der Waals surface area contributed by atoms with Gasteiger partial charge in [-0.25, -0.2) is 4.79 Å². The molecule has 26 heavy (non-hydrogen) atoms. The highest BCUT2D eigenvalue weighted by Gasteiger charge is 2.24. The van der Waals surface area contributed by atoms with Crippen LogP contribution in [-0.2, 0) is 4.79 Å². The van der Waals surface area contributed by atoms with Gasteiger partial charge in [0.2, 0.25) is 5.75 Å². The van der Waals surface area contributed by atoms with E-state index in [4.69, 9.17) is 25.4 Å². The smallest absolute Gasteiger partial charge is 0.330 e. The Morgan fingerprint density at radius 1 is 1.08 bits per heavy atom. The third-order valence-corrected chi connectivity index (χ3v) is 3.77. The van der Waals surface area contributed by atoms with E-state index in [9.17, 15) is 9.90 Å². The van der Waals surface area contributed by atoms with Crippen LogP contribution in [0.5, 0.6) is 17.2 Å². The molecule has 0 aliphatic carbocycles. The van der Waals surface area contributed by atoms with Gasteiger partial charge in [-0.3, -0.25) is 5.41 Å². The van der Waals surface area contributed by atoms with Gasteiger partial charge in [0.25, 0.3) is 0 Å². The molecule has 0 fully saturated rings. The van der Waals surface area contributed by atoms with Gasteiger partial charge < -0.3 is 30.4 Å². The second-order valence-corrected chi connectivity index (χ2v) is 5.37. The maximum Gasteiger partial charge on any atom is 0.330 e. The van der Waals surface area contributed by atoms with E-state index >= 15 is 0 Å². The van der Waals surface area contributed by atoms with Gasteiger partial charge in [0.1, 0.15) is 5.84 Å². The summed E-state index contributed by atoms with van der Waals surface area (Å²) in [5, 5.41) is 20.0. The molecule has 0 saturated carbocycles. The van der Waals surface area contributed by atoms with Crippen LogP contribution in [0.15, 0.2) is 36.4 Å². The van der Waals surface area contributed by atoms with Gasteiger partial charge in [-0.05, 0) is 42.0 Å². The summed E-state index contributed by atoms with van der Waals surface area (Å²) in [6.45, 7) is 0. The lowest BCUT2D eigenvalue weighted by Crippen LogP contribution is -2.21. The minimum Gasteiger partial charge on any atom is -0.493 e. The number of nitrogens with two attached hydrogens (primary N) is 1. The lowest BCUT2D eigenvalue weighted by atomic mass is 10.0. The van der Waals surface area contributed by atoms with Crippen LogP contribution in [-0.4, -0.2) is 38.2 Å². The molecule has 1 unspecified atom stereocenters. The topological polar surface area (TPSA) is 127 Å². The van der Waals surface area contributed by atoms with Crippen LogP contribution >= 0.6 is 0 Å². The van der Waals surface area contributed by atoms with E-state index < -0.39 is 12.0 Å². The number of hydrogen-bond acceptors (Lipinski definition) is 6. The highest BCUT2D eigenvalue weighted by atomic mass is 16.5. The maximum atomic E-state index is 11.8. The molecule has 1 atom stereocenters. The van der Waals surface area contributed by atoms with Crippen molar-refractivity contribution in [2.75, 3.05) is 26.6 Å². The van der Waals surface area contributed by atoms with E-state index in [-0.39, 0.29) is 5.84 Å². The highest BCUT2D eigenvalue weighted by Crippen LogP contribution is 2.40. The van der Waals surface area contributed by atoms with Crippen molar-refractivity contribution >= 4 is 17.5 Å². The van der Waals surface area contributed by atoms with E-state index in [1.54, 1.807) is 36.4 Å². The fourth-order valence-corrected chi connectivity index (χ4v) is 2.47. The third kappa shape index (κ3) is 3.97. The minimum atomic E-state index is -1.07. The molecular weight excluding hydrogens is 338 g/mol. The summed E-state index contributed by atoms with van der Waals surface area (Å²) in [5.41, 5.74) is 6.97. The number of amidine groups is 1. The number of nitrogens with one attached hydrogen (secondary N) is 2. The number of nitrogen functional groups attached to an aromatic ring is 1. The average Bonchev–Trinajstić information content (AvgIpc) is 2.64. The number of anilines is 1. The standard InChI is InChI=1S/C18H21N3O5/c1-24-13-8-11(9-14(25-2)16(13)26-3)15(18(22)23)21-12-6-4-10(5-7-12)17(19)20/h4-9,15,21H,1-3H3,(H3,19,20)(H,22,23). The predicted octanol–water partition coefficient (Wildman–Crippen LogP) is 2.23. The van der Waals surface area contributed by atoms with Crippen molar-refractivity contribution in [3.8, 4) is 17.2 Å². The van der Waals surface area contributed by atoms with Crippen molar-refractivity contribution in [2.45, 2.75) is 6.04 Å². The molecule has 0 saturated heterocycles. The zero-order valence-electron chi connectivity index (χ0n) is 14.7. The van der Waals surface area contributed by atoms with Crippen LogP contribution in [0.4, 0.5) is 5.69 Å². The predicted molar refractivity (Wildman–Crippen MR) is 97.6 cm³/mol. The van der Waals surface area contributed by atoms with Crippen molar-refractivity contribution < 1.29 is 24.1 Å². The van der Waals surface area contributed by atoms with Crippen LogP contribution in [0.25, 0.3) is 0 Å². The number of aliphatic carboxylic acids is 1. The molecule has 8 nitrogen and oxygen atoms in total. The fourth-order valence-electron chi connectivity index (χ4n) is 2.47. The summed E-state index contributed by atoms with van der Waals surface area (Å²) < 4.78 is 15.8. The SMILES string of the molecule is COc1cc(C(Nc2ccc(C(=N)N)cc2)C(=O)O)cc(OC)c1OC. The zero-order valence-corrected chi connectivity index (χ0v) is 14.7. The van der Waals surface area contributed by atoms with E-state index in [0.29, 0.717) is 34.1 Å². The molecule has 2 aromatic rings. The molecule has 138 valence electrons. The summed E-state index contributed by atoms with van der Waals surface area (Å²) in [6.07, 6.45) is 0. The Hall–Kier alpha value is -3.42. The molecular formula is C18H21N3O5. The first-order valence-electron chi connectivity index (χ1n) is 7.65. The Morgan fingerprint density at radius 3 is 2.00 bits per heavy atom. The number of carboxylic acid groups (broad SMARTS) is 1. The van der Waals surface area contributed by atoms with E-state index in [1.165, 1.54) is 21.3 Å². The molecule has 8 heteroatoms. The summed E-state index contributed by atoms with van der Waals surface area (Å²) in [6, 6.07) is 8.70. The molecule has 0 aromatic heterocycles. The molecule has 0 radical (unpaired) electrons.